The second kappa shape index (κ2) is 7.49. The van der Waals surface area contributed by atoms with Crippen molar-refractivity contribution < 1.29 is 9.59 Å². The highest BCUT2D eigenvalue weighted by Gasteiger charge is 2.10. The van der Waals surface area contributed by atoms with Gasteiger partial charge in [0.05, 0.1) is 0 Å². The van der Waals surface area contributed by atoms with Crippen molar-refractivity contribution in [1.29, 1.82) is 0 Å². The summed E-state index contributed by atoms with van der Waals surface area (Å²) in [6.07, 6.45) is 0.860. The first-order valence-corrected chi connectivity index (χ1v) is 7.51. The number of ketones is 1. The molecule has 0 aliphatic carbocycles. The minimum atomic E-state index is -0.224. The van der Waals surface area contributed by atoms with Crippen molar-refractivity contribution >= 4 is 23.2 Å². The summed E-state index contributed by atoms with van der Waals surface area (Å²) >= 11 is 0. The van der Waals surface area contributed by atoms with Crippen molar-refractivity contribution in [2.45, 2.75) is 27.2 Å². The number of nitrogens with one attached hydrogen (secondary N) is 2. The van der Waals surface area contributed by atoms with Crippen molar-refractivity contribution in [3.05, 3.63) is 47.4 Å². The number of anilines is 2. The first kappa shape index (κ1) is 16.6. The standard InChI is InChI=1S/C17H20N4O2/c1-4-8-18-17(23)15-10-16(20-12(3)19-15)21-14-7-5-6-13(9-14)11(2)22/h5-7,9-10H,4,8H2,1-3H3,(H,18,23)(H,19,20,21). The van der Waals surface area contributed by atoms with E-state index in [0.717, 1.165) is 12.1 Å². The quantitative estimate of drug-likeness (QED) is 0.801. The Morgan fingerprint density at radius 3 is 2.65 bits per heavy atom. The molecular weight excluding hydrogens is 292 g/mol. The smallest absolute Gasteiger partial charge is 0.270 e. The summed E-state index contributed by atoms with van der Waals surface area (Å²) in [6, 6.07) is 8.72. The largest absolute Gasteiger partial charge is 0.351 e. The first-order chi connectivity index (χ1) is 11.0. The van der Waals surface area contributed by atoms with Gasteiger partial charge in [0.1, 0.15) is 17.3 Å². The van der Waals surface area contributed by atoms with Crippen LogP contribution in [0.4, 0.5) is 11.5 Å². The van der Waals surface area contributed by atoms with E-state index < -0.39 is 0 Å². The van der Waals surface area contributed by atoms with Crippen LogP contribution in [0.15, 0.2) is 30.3 Å². The van der Waals surface area contributed by atoms with E-state index in [9.17, 15) is 9.59 Å². The number of carbonyl (C=O) groups excluding carboxylic acids is 2. The molecule has 0 fully saturated rings. The third kappa shape index (κ3) is 4.60. The molecule has 0 spiro atoms. The highest BCUT2D eigenvalue weighted by molar-refractivity contribution is 5.95. The molecule has 0 saturated heterocycles. The van der Waals surface area contributed by atoms with Gasteiger partial charge in [-0.05, 0) is 32.4 Å². The molecule has 1 aromatic carbocycles. The van der Waals surface area contributed by atoms with Crippen molar-refractivity contribution in [1.82, 2.24) is 15.3 Å². The maximum atomic E-state index is 12.0. The van der Waals surface area contributed by atoms with E-state index in [0.29, 0.717) is 29.4 Å². The molecule has 0 bridgehead atoms. The van der Waals surface area contributed by atoms with E-state index in [1.165, 1.54) is 6.92 Å². The first-order valence-electron chi connectivity index (χ1n) is 7.51. The average molecular weight is 312 g/mol. The minimum Gasteiger partial charge on any atom is -0.351 e. The molecule has 0 aliphatic rings. The lowest BCUT2D eigenvalue weighted by atomic mass is 10.1. The molecule has 1 aromatic heterocycles. The molecule has 0 saturated carbocycles. The van der Waals surface area contributed by atoms with E-state index in [2.05, 4.69) is 20.6 Å². The van der Waals surface area contributed by atoms with Crippen LogP contribution < -0.4 is 10.6 Å². The second-order valence-electron chi connectivity index (χ2n) is 5.20. The van der Waals surface area contributed by atoms with E-state index in [4.69, 9.17) is 0 Å². The number of carbonyl (C=O) groups is 2. The molecule has 1 heterocycles. The zero-order chi connectivity index (χ0) is 16.8. The Labute approximate surface area is 135 Å². The Bertz CT molecular complexity index is 728. The number of Topliss-reactive ketones (excluding diaryl/α,β-unsaturated/α-hetero) is 1. The molecular formula is C17H20N4O2. The van der Waals surface area contributed by atoms with Crippen LogP contribution in [0.5, 0.6) is 0 Å². The molecule has 2 aromatic rings. The van der Waals surface area contributed by atoms with Gasteiger partial charge in [0, 0.05) is 23.9 Å². The van der Waals surface area contributed by atoms with E-state index in [-0.39, 0.29) is 11.7 Å². The van der Waals surface area contributed by atoms with Gasteiger partial charge in [-0.1, -0.05) is 19.1 Å². The summed E-state index contributed by atoms with van der Waals surface area (Å²) in [7, 11) is 0. The molecule has 0 aliphatic heterocycles. The fraction of sp³-hybridized carbons (Fsp3) is 0.294. The predicted molar refractivity (Wildman–Crippen MR) is 89.1 cm³/mol. The van der Waals surface area contributed by atoms with Crippen molar-refractivity contribution in [2.24, 2.45) is 0 Å². The zero-order valence-electron chi connectivity index (χ0n) is 13.5. The summed E-state index contributed by atoms with van der Waals surface area (Å²) in [6.45, 7) is 5.84. The Hall–Kier alpha value is -2.76. The van der Waals surface area contributed by atoms with Gasteiger partial charge >= 0.3 is 0 Å². The molecule has 0 unspecified atom stereocenters. The van der Waals surface area contributed by atoms with Crippen LogP contribution in [-0.4, -0.2) is 28.2 Å². The number of benzene rings is 1. The van der Waals surface area contributed by atoms with Crippen LogP contribution >= 0.6 is 0 Å². The van der Waals surface area contributed by atoms with Crippen molar-refractivity contribution in [3.63, 3.8) is 0 Å². The van der Waals surface area contributed by atoms with E-state index in [1.807, 2.05) is 13.0 Å². The molecule has 2 rings (SSSR count). The predicted octanol–water partition coefficient (Wildman–Crippen LogP) is 2.87. The number of hydrogen-bond donors (Lipinski definition) is 2. The molecule has 0 atom stereocenters. The van der Waals surface area contributed by atoms with Gasteiger partial charge in [0.2, 0.25) is 0 Å². The van der Waals surface area contributed by atoms with Gasteiger partial charge in [0.15, 0.2) is 5.78 Å². The number of hydrogen-bond acceptors (Lipinski definition) is 5. The summed E-state index contributed by atoms with van der Waals surface area (Å²) in [5.41, 5.74) is 1.66. The highest BCUT2D eigenvalue weighted by atomic mass is 16.1. The normalized spacial score (nSPS) is 10.2. The third-order valence-corrected chi connectivity index (χ3v) is 3.15. The lowest BCUT2D eigenvalue weighted by Crippen LogP contribution is -2.25. The van der Waals surface area contributed by atoms with Gasteiger partial charge in [-0.3, -0.25) is 9.59 Å². The summed E-state index contributed by atoms with van der Waals surface area (Å²) < 4.78 is 0. The van der Waals surface area contributed by atoms with Gasteiger partial charge in [-0.2, -0.15) is 0 Å². The van der Waals surface area contributed by atoms with Gasteiger partial charge < -0.3 is 10.6 Å². The van der Waals surface area contributed by atoms with Gasteiger partial charge in [0.25, 0.3) is 5.91 Å². The Kier molecular flexibility index (Phi) is 5.41. The Morgan fingerprint density at radius 1 is 1.17 bits per heavy atom. The molecule has 6 heteroatoms. The number of nitrogens with zero attached hydrogens (tertiary/aromatic N) is 2. The number of amides is 1. The second-order valence-corrected chi connectivity index (χ2v) is 5.20. The van der Waals surface area contributed by atoms with Gasteiger partial charge in [-0.15, -0.1) is 0 Å². The number of aromatic nitrogens is 2. The topological polar surface area (TPSA) is 84.0 Å². The molecule has 23 heavy (non-hydrogen) atoms. The monoisotopic (exact) mass is 312 g/mol. The lowest BCUT2D eigenvalue weighted by Gasteiger charge is -2.09. The molecule has 120 valence electrons. The average Bonchev–Trinajstić information content (AvgIpc) is 2.52. The van der Waals surface area contributed by atoms with Crippen LogP contribution in [0.2, 0.25) is 0 Å². The maximum absolute atomic E-state index is 12.0. The lowest BCUT2D eigenvalue weighted by molar-refractivity contribution is 0.0947. The Balaban J connectivity index is 2.23. The van der Waals surface area contributed by atoms with Crippen LogP contribution in [-0.2, 0) is 0 Å². The SMILES string of the molecule is CCCNC(=O)c1cc(Nc2cccc(C(C)=O)c2)nc(C)n1. The fourth-order valence-electron chi connectivity index (χ4n) is 2.04. The van der Waals surface area contributed by atoms with Crippen LogP contribution in [0.3, 0.4) is 0 Å². The van der Waals surface area contributed by atoms with Crippen molar-refractivity contribution in [3.8, 4) is 0 Å². The van der Waals surface area contributed by atoms with Gasteiger partial charge in [-0.25, -0.2) is 9.97 Å². The molecule has 6 nitrogen and oxygen atoms in total. The zero-order valence-corrected chi connectivity index (χ0v) is 13.5. The van der Waals surface area contributed by atoms with E-state index in [1.54, 1.807) is 31.2 Å². The summed E-state index contributed by atoms with van der Waals surface area (Å²) in [5.74, 6) is 0.782. The highest BCUT2D eigenvalue weighted by Crippen LogP contribution is 2.17. The Morgan fingerprint density at radius 2 is 1.96 bits per heavy atom. The molecule has 1 amide bonds. The molecule has 2 N–H and O–H groups in total. The minimum absolute atomic E-state index is 0.00727. The summed E-state index contributed by atoms with van der Waals surface area (Å²) in [4.78, 5) is 31.9. The summed E-state index contributed by atoms with van der Waals surface area (Å²) in [5, 5.41) is 5.90. The third-order valence-electron chi connectivity index (χ3n) is 3.15. The fourth-order valence-corrected chi connectivity index (χ4v) is 2.04. The maximum Gasteiger partial charge on any atom is 0.270 e. The van der Waals surface area contributed by atoms with Crippen LogP contribution in [0.25, 0.3) is 0 Å². The molecule has 0 radical (unpaired) electrons. The number of aryl methyl sites for hydroxylation is 1. The van der Waals surface area contributed by atoms with E-state index >= 15 is 0 Å². The van der Waals surface area contributed by atoms with Crippen molar-refractivity contribution in [2.75, 3.05) is 11.9 Å². The van der Waals surface area contributed by atoms with Crippen LogP contribution in [0, 0.1) is 6.92 Å². The van der Waals surface area contributed by atoms with Crippen LogP contribution in [0.1, 0.15) is 46.9 Å². The number of rotatable bonds is 6.